The van der Waals surface area contributed by atoms with Crippen LogP contribution in [-0.2, 0) is 0 Å². The van der Waals surface area contributed by atoms with E-state index in [2.05, 4.69) is 91.0 Å². The maximum Gasteiger partial charge on any atom is 0.135 e. The lowest BCUT2D eigenvalue weighted by atomic mass is 9.84. The van der Waals surface area contributed by atoms with Gasteiger partial charge >= 0.3 is 0 Å². The lowest BCUT2D eigenvalue weighted by Gasteiger charge is -2.23. The van der Waals surface area contributed by atoms with Crippen LogP contribution in [0.4, 0.5) is 0 Å². The first kappa shape index (κ1) is 20.5. The molecule has 8 aromatic rings. The summed E-state index contributed by atoms with van der Waals surface area (Å²) >= 11 is 0. The summed E-state index contributed by atoms with van der Waals surface area (Å²) in [6.07, 6.45) is 0. The Kier molecular flexibility index (Phi) is 4.27. The van der Waals surface area contributed by atoms with E-state index in [-0.39, 0.29) is 0 Å². The van der Waals surface area contributed by atoms with Crippen LogP contribution in [0.2, 0.25) is 0 Å². The second-order valence-electron chi connectivity index (χ2n) is 10.7. The summed E-state index contributed by atoms with van der Waals surface area (Å²) in [6.45, 7) is 0. The van der Waals surface area contributed by atoms with Crippen molar-refractivity contribution in [2.24, 2.45) is 0 Å². The minimum atomic E-state index is 0.466. The van der Waals surface area contributed by atoms with Gasteiger partial charge in [-0.2, -0.15) is 0 Å². The van der Waals surface area contributed by atoms with E-state index < -0.39 is 0 Å². The Bertz CT molecular complexity index is 2450. The van der Waals surface area contributed by atoms with Crippen molar-refractivity contribution in [2.75, 3.05) is 0 Å². The summed E-state index contributed by atoms with van der Waals surface area (Å²) in [5.41, 5.74) is 6.20. The van der Waals surface area contributed by atoms with Gasteiger partial charge in [-0.05, 0) is 89.8 Å². The standard InChI is InChI=1S/C40H24O/c1-2-10-27-23-28(20-19-25(27)9-1)38-30-13-3-5-15-32(30)39(33-16-6-4-14-31(33)38)29-21-22-36-35(24-29)34-17-7-11-26-12-8-18-37(41-36)40(26)34/h1-24H/i13D,16D. The molecule has 0 saturated heterocycles. The molecule has 0 bridgehead atoms. The van der Waals surface area contributed by atoms with Gasteiger partial charge in [0.05, 0.1) is 2.74 Å². The number of hydrogen-bond donors (Lipinski definition) is 0. The lowest BCUT2D eigenvalue weighted by molar-refractivity contribution is 0.487. The molecule has 0 atom stereocenters. The minimum Gasteiger partial charge on any atom is -0.456 e. The van der Waals surface area contributed by atoms with Gasteiger partial charge in [-0.15, -0.1) is 0 Å². The number of benzene rings is 8. The number of ether oxygens (including phenoxy) is 1. The van der Waals surface area contributed by atoms with Crippen LogP contribution in [0.1, 0.15) is 2.74 Å². The smallest absolute Gasteiger partial charge is 0.135 e. The van der Waals surface area contributed by atoms with E-state index >= 15 is 0 Å². The van der Waals surface area contributed by atoms with Gasteiger partial charge in [0.15, 0.2) is 0 Å². The van der Waals surface area contributed by atoms with Crippen molar-refractivity contribution in [3.05, 3.63) is 146 Å². The van der Waals surface area contributed by atoms with Crippen LogP contribution in [-0.4, -0.2) is 0 Å². The van der Waals surface area contributed by atoms with E-state index in [1.807, 2.05) is 42.5 Å². The zero-order valence-electron chi connectivity index (χ0n) is 24.1. The third-order valence-corrected chi connectivity index (χ3v) is 8.43. The van der Waals surface area contributed by atoms with Crippen LogP contribution in [0.3, 0.4) is 0 Å². The highest BCUT2D eigenvalue weighted by atomic mass is 16.5. The molecule has 0 spiro atoms. The summed E-state index contributed by atoms with van der Waals surface area (Å²) in [5.74, 6) is 1.69. The summed E-state index contributed by atoms with van der Waals surface area (Å²) < 4.78 is 24.7. The molecule has 8 aromatic carbocycles. The highest BCUT2D eigenvalue weighted by molar-refractivity contribution is 6.22. The first-order chi connectivity index (χ1) is 21.2. The van der Waals surface area contributed by atoms with Crippen molar-refractivity contribution in [1.29, 1.82) is 0 Å². The van der Waals surface area contributed by atoms with E-state index in [0.29, 0.717) is 12.1 Å². The van der Waals surface area contributed by atoms with Gasteiger partial charge in [-0.25, -0.2) is 0 Å². The Labute approximate surface area is 240 Å². The average molecular weight is 523 g/mol. The zero-order chi connectivity index (χ0) is 28.7. The molecule has 0 aromatic heterocycles. The Hall–Kier alpha value is -5.40. The number of rotatable bonds is 2. The molecule has 1 nitrogen and oxygen atoms in total. The predicted octanol–water partition coefficient (Wildman–Crippen LogP) is 11.4. The summed E-state index contributed by atoms with van der Waals surface area (Å²) in [7, 11) is 0. The van der Waals surface area contributed by atoms with Gasteiger partial charge in [0.1, 0.15) is 11.5 Å². The molecular formula is C40H24O. The molecule has 1 aliphatic rings. The largest absolute Gasteiger partial charge is 0.456 e. The fraction of sp³-hybridized carbons (Fsp3) is 0. The molecule has 0 amide bonds. The molecule has 41 heavy (non-hydrogen) atoms. The molecule has 0 radical (unpaired) electrons. The quantitative estimate of drug-likeness (QED) is 0.205. The summed E-state index contributed by atoms with van der Waals surface area (Å²) in [5, 5.41) is 8.33. The van der Waals surface area contributed by atoms with Crippen LogP contribution in [0.5, 0.6) is 11.5 Å². The highest BCUT2D eigenvalue weighted by Crippen LogP contribution is 2.49. The molecule has 0 saturated carbocycles. The lowest BCUT2D eigenvalue weighted by Crippen LogP contribution is -1.97. The van der Waals surface area contributed by atoms with E-state index in [1.165, 1.54) is 5.39 Å². The van der Waals surface area contributed by atoms with Gasteiger partial charge in [-0.1, -0.05) is 121 Å². The third-order valence-electron chi connectivity index (χ3n) is 8.43. The van der Waals surface area contributed by atoms with Crippen LogP contribution in [0, 0.1) is 0 Å². The van der Waals surface area contributed by atoms with E-state index in [4.69, 9.17) is 6.11 Å². The molecule has 1 aliphatic heterocycles. The summed E-state index contributed by atoms with van der Waals surface area (Å²) in [6, 6.07) is 46.5. The fourth-order valence-corrected chi connectivity index (χ4v) is 6.64. The molecular weight excluding hydrogens is 496 g/mol. The van der Waals surface area contributed by atoms with Crippen LogP contribution in [0.25, 0.3) is 76.5 Å². The molecule has 1 heterocycles. The van der Waals surface area contributed by atoms with E-state index in [9.17, 15) is 1.37 Å². The normalized spacial score (nSPS) is 12.8. The minimum absolute atomic E-state index is 0.466. The molecule has 9 rings (SSSR count). The second kappa shape index (κ2) is 8.55. The Morgan fingerprint density at radius 3 is 1.83 bits per heavy atom. The topological polar surface area (TPSA) is 9.23 Å². The maximum absolute atomic E-state index is 9.18. The molecule has 0 unspecified atom stereocenters. The van der Waals surface area contributed by atoms with Crippen molar-refractivity contribution < 1.29 is 7.48 Å². The van der Waals surface area contributed by atoms with Gasteiger partial charge in [-0.3, -0.25) is 0 Å². The number of hydrogen-bond acceptors (Lipinski definition) is 1. The average Bonchev–Trinajstić information content (AvgIpc) is 3.04. The van der Waals surface area contributed by atoms with E-state index in [0.717, 1.165) is 82.6 Å². The first-order valence-electron chi connectivity index (χ1n) is 14.9. The number of fused-ring (bicyclic) bond motifs is 5. The highest BCUT2D eigenvalue weighted by Gasteiger charge is 2.22. The van der Waals surface area contributed by atoms with Gasteiger partial charge in [0, 0.05) is 10.9 Å². The Balaban J connectivity index is 1.39. The molecule has 190 valence electrons. The second-order valence-corrected chi connectivity index (χ2v) is 10.7. The maximum atomic E-state index is 9.18. The monoisotopic (exact) mass is 522 g/mol. The van der Waals surface area contributed by atoms with Crippen molar-refractivity contribution in [2.45, 2.75) is 0 Å². The third kappa shape index (κ3) is 3.30. The van der Waals surface area contributed by atoms with Crippen LogP contribution < -0.4 is 4.74 Å². The van der Waals surface area contributed by atoms with Crippen molar-refractivity contribution in [3.8, 4) is 44.9 Å². The van der Waals surface area contributed by atoms with Crippen molar-refractivity contribution in [3.63, 3.8) is 0 Å². The van der Waals surface area contributed by atoms with Gasteiger partial charge in [0.25, 0.3) is 0 Å². The van der Waals surface area contributed by atoms with Crippen LogP contribution in [0.15, 0.2) is 146 Å². The molecule has 1 heteroatoms. The molecule has 0 aliphatic carbocycles. The fourth-order valence-electron chi connectivity index (χ4n) is 6.64. The molecule has 0 N–H and O–H groups in total. The van der Waals surface area contributed by atoms with Crippen molar-refractivity contribution >= 4 is 43.1 Å². The van der Waals surface area contributed by atoms with Gasteiger partial charge < -0.3 is 4.74 Å². The Morgan fingerprint density at radius 1 is 0.415 bits per heavy atom. The van der Waals surface area contributed by atoms with Crippen molar-refractivity contribution in [1.82, 2.24) is 0 Å². The zero-order valence-corrected chi connectivity index (χ0v) is 22.1. The predicted molar refractivity (Wildman–Crippen MR) is 173 cm³/mol. The van der Waals surface area contributed by atoms with Crippen LogP contribution >= 0.6 is 0 Å². The SMILES string of the molecule is [2H]c1cccc2c(-c3ccc4ccccc4c3)c3c([2H])cccc3c(-c3ccc4c(c3)-c3cccc5cccc(c35)O4)c12. The van der Waals surface area contributed by atoms with E-state index in [1.54, 1.807) is 0 Å². The Morgan fingerprint density at radius 2 is 1.05 bits per heavy atom. The van der Waals surface area contributed by atoms with Gasteiger partial charge in [0.2, 0.25) is 0 Å². The molecule has 0 fully saturated rings. The summed E-state index contributed by atoms with van der Waals surface area (Å²) in [4.78, 5) is 0. The first-order valence-corrected chi connectivity index (χ1v) is 13.9.